The summed E-state index contributed by atoms with van der Waals surface area (Å²) in [5.41, 5.74) is -4.52. The Bertz CT molecular complexity index is 1870. The van der Waals surface area contributed by atoms with Crippen LogP contribution in [0.15, 0.2) is 54.2 Å². The van der Waals surface area contributed by atoms with Crippen molar-refractivity contribution in [3.8, 4) is 17.6 Å². The van der Waals surface area contributed by atoms with Gasteiger partial charge in [0, 0.05) is 61.9 Å². The van der Waals surface area contributed by atoms with Crippen molar-refractivity contribution in [3.05, 3.63) is 75.7 Å². The van der Waals surface area contributed by atoms with E-state index in [1.807, 2.05) is 0 Å². The quantitative estimate of drug-likeness (QED) is 0.146. The minimum absolute atomic E-state index is 0.00406. The first kappa shape index (κ1) is 40.3. The summed E-state index contributed by atoms with van der Waals surface area (Å²) in [5, 5.41) is 20.6. The molecule has 2 aliphatic rings. The van der Waals surface area contributed by atoms with Gasteiger partial charge in [-0.05, 0) is 44.2 Å². The Kier molecular flexibility index (Phi) is 12.1. The minimum atomic E-state index is -4.90. The fourth-order valence-electron chi connectivity index (χ4n) is 7.30. The van der Waals surface area contributed by atoms with Gasteiger partial charge in [-0.25, -0.2) is 0 Å². The van der Waals surface area contributed by atoms with E-state index < -0.39 is 63.2 Å². The summed E-state index contributed by atoms with van der Waals surface area (Å²) in [4.78, 5) is 45.3. The standard InChI is InChI=1S/C37H38F6N4O6S/c1-2-7-29-35(53-24-20-30(54-22-24)37(41,42)43,12-6-16-47(29)32(50)25-21-45-15-11-26(25)36(38,39)40)33(51)46-17-13-34(23-44,14-18-46)27-8-3-4-9-28(27)52-19-5-10-31(48)49/h3-4,8-9,11,15,20-22,29H,2,5-7,10,12-14,16-19H2,1H3,(H,48,49)/t29-,35+/m1/s1. The molecule has 0 aliphatic carbocycles. The van der Waals surface area contributed by atoms with Crippen LogP contribution < -0.4 is 9.47 Å². The summed E-state index contributed by atoms with van der Waals surface area (Å²) >= 11 is 0.359. The lowest BCUT2D eigenvalue weighted by Gasteiger charge is -2.51. The first-order valence-electron chi connectivity index (χ1n) is 17.4. The lowest BCUT2D eigenvalue weighted by molar-refractivity contribution is -0.160. The number of ether oxygens (including phenoxy) is 2. The third kappa shape index (κ3) is 8.43. The fourth-order valence-corrected chi connectivity index (χ4v) is 7.97. The molecule has 2 aromatic heterocycles. The molecule has 1 N–H and O–H groups in total. The number of amides is 2. The van der Waals surface area contributed by atoms with Crippen LogP contribution in [0.5, 0.6) is 11.5 Å². The van der Waals surface area contributed by atoms with Crippen LogP contribution in [0.3, 0.4) is 0 Å². The number of halogens is 6. The number of piperidine rings is 2. The Hall–Kier alpha value is -4.85. The Balaban J connectivity index is 1.50. The molecule has 54 heavy (non-hydrogen) atoms. The van der Waals surface area contributed by atoms with Crippen molar-refractivity contribution < 1.29 is 55.3 Å². The summed E-state index contributed by atoms with van der Waals surface area (Å²) in [6.07, 6.45) is -7.10. The molecule has 290 valence electrons. The number of pyridine rings is 1. The summed E-state index contributed by atoms with van der Waals surface area (Å²) in [6.45, 7) is 1.77. The van der Waals surface area contributed by atoms with Crippen molar-refractivity contribution >= 4 is 29.1 Å². The number of nitriles is 1. The van der Waals surface area contributed by atoms with Crippen molar-refractivity contribution in [2.45, 2.75) is 87.7 Å². The Morgan fingerprint density at radius 1 is 1.06 bits per heavy atom. The van der Waals surface area contributed by atoms with Gasteiger partial charge in [-0.2, -0.15) is 31.6 Å². The molecule has 4 heterocycles. The van der Waals surface area contributed by atoms with Crippen LogP contribution in [-0.4, -0.2) is 75.6 Å². The largest absolute Gasteiger partial charge is 0.493 e. The number of carbonyl (C=O) groups excluding carboxylic acids is 2. The molecule has 0 saturated carbocycles. The van der Waals surface area contributed by atoms with Crippen LogP contribution in [0.25, 0.3) is 0 Å². The van der Waals surface area contributed by atoms with Crippen LogP contribution in [0.4, 0.5) is 26.3 Å². The molecule has 0 unspecified atom stereocenters. The highest BCUT2D eigenvalue weighted by Gasteiger charge is 2.57. The van der Waals surface area contributed by atoms with Crippen LogP contribution in [0.2, 0.25) is 0 Å². The molecule has 2 saturated heterocycles. The predicted octanol–water partition coefficient (Wildman–Crippen LogP) is 7.73. The molecule has 0 bridgehead atoms. The number of carboxylic acid groups (broad SMARTS) is 1. The second kappa shape index (κ2) is 16.3. The summed E-state index contributed by atoms with van der Waals surface area (Å²) in [7, 11) is 0. The van der Waals surface area contributed by atoms with Gasteiger partial charge in [-0.1, -0.05) is 31.5 Å². The third-order valence-corrected chi connectivity index (χ3v) is 10.8. The number of likely N-dealkylation sites (tertiary alicyclic amines) is 2. The van der Waals surface area contributed by atoms with Crippen LogP contribution >= 0.6 is 11.3 Å². The second-order valence-electron chi connectivity index (χ2n) is 13.3. The van der Waals surface area contributed by atoms with E-state index in [-0.39, 0.29) is 76.9 Å². The van der Waals surface area contributed by atoms with Crippen molar-refractivity contribution in [2.24, 2.45) is 0 Å². The molecule has 3 aromatic rings. The molecular weight excluding hydrogens is 742 g/mol. The molecule has 2 atom stereocenters. The topological polar surface area (TPSA) is 133 Å². The molecule has 2 amide bonds. The van der Waals surface area contributed by atoms with Crippen LogP contribution in [0, 0.1) is 11.3 Å². The van der Waals surface area contributed by atoms with Crippen LogP contribution in [-0.2, 0) is 27.4 Å². The molecule has 2 aliphatic heterocycles. The van der Waals surface area contributed by atoms with Gasteiger partial charge >= 0.3 is 18.3 Å². The molecule has 5 rings (SSSR count). The van der Waals surface area contributed by atoms with Gasteiger partial charge in [-0.3, -0.25) is 19.4 Å². The molecule has 1 aromatic carbocycles. The summed E-state index contributed by atoms with van der Waals surface area (Å²) < 4.78 is 95.4. The average Bonchev–Trinajstić information content (AvgIpc) is 3.63. The van der Waals surface area contributed by atoms with E-state index in [2.05, 4.69) is 11.1 Å². The van der Waals surface area contributed by atoms with Crippen molar-refractivity contribution in [1.29, 1.82) is 5.26 Å². The molecule has 10 nitrogen and oxygen atoms in total. The highest BCUT2D eigenvalue weighted by atomic mass is 32.1. The lowest BCUT2D eigenvalue weighted by Crippen LogP contribution is -2.68. The van der Waals surface area contributed by atoms with Crippen molar-refractivity contribution in [1.82, 2.24) is 14.8 Å². The molecule has 17 heteroatoms. The lowest BCUT2D eigenvalue weighted by atomic mass is 9.72. The number of para-hydroxylation sites is 1. The van der Waals surface area contributed by atoms with E-state index in [0.717, 1.165) is 28.7 Å². The van der Waals surface area contributed by atoms with Crippen LogP contribution in [0.1, 0.15) is 84.7 Å². The Morgan fingerprint density at radius 3 is 2.41 bits per heavy atom. The first-order valence-corrected chi connectivity index (χ1v) is 18.3. The Labute approximate surface area is 311 Å². The number of nitrogens with zero attached hydrogens (tertiary/aromatic N) is 4. The SMILES string of the molecule is CCC[C@H]1N(C(=O)c2cnccc2C(F)(F)F)CCC[C@@]1(Oc1csc(C(F)(F)F)c1)C(=O)N1CCC(C#N)(c2ccccc2OCCCC(=O)O)CC1. The maximum Gasteiger partial charge on any atom is 0.425 e. The molecule has 0 radical (unpaired) electrons. The van der Waals surface area contributed by atoms with Gasteiger partial charge in [0.25, 0.3) is 11.8 Å². The number of thiophene rings is 1. The maximum atomic E-state index is 14.9. The Morgan fingerprint density at radius 2 is 1.78 bits per heavy atom. The predicted molar refractivity (Wildman–Crippen MR) is 183 cm³/mol. The van der Waals surface area contributed by atoms with E-state index in [0.29, 0.717) is 35.1 Å². The number of carboxylic acids is 1. The van der Waals surface area contributed by atoms with E-state index >= 15 is 0 Å². The smallest absolute Gasteiger partial charge is 0.425 e. The number of aromatic nitrogens is 1. The number of benzene rings is 1. The molecular formula is C37H38F6N4O6S. The normalized spacial score (nSPS) is 20.2. The third-order valence-electron chi connectivity index (χ3n) is 9.87. The fraction of sp³-hybridized carbons (Fsp3) is 0.486. The molecule has 2 fully saturated rings. The zero-order chi connectivity index (χ0) is 39.3. The first-order chi connectivity index (χ1) is 25.6. The van der Waals surface area contributed by atoms with Crippen molar-refractivity contribution in [2.75, 3.05) is 26.2 Å². The molecule has 0 spiro atoms. The summed E-state index contributed by atoms with van der Waals surface area (Å²) in [6, 6.07) is 9.46. The highest BCUT2D eigenvalue weighted by Crippen LogP contribution is 2.45. The number of rotatable bonds is 12. The number of carbonyl (C=O) groups is 3. The van der Waals surface area contributed by atoms with E-state index in [4.69, 9.17) is 14.6 Å². The van der Waals surface area contributed by atoms with Gasteiger partial charge in [-0.15, -0.1) is 11.3 Å². The number of aliphatic carboxylic acids is 1. The highest BCUT2D eigenvalue weighted by molar-refractivity contribution is 7.10. The minimum Gasteiger partial charge on any atom is -0.493 e. The van der Waals surface area contributed by atoms with E-state index in [9.17, 15) is 46.0 Å². The summed E-state index contributed by atoms with van der Waals surface area (Å²) in [5.74, 6) is -2.57. The van der Waals surface area contributed by atoms with Gasteiger partial charge < -0.3 is 24.4 Å². The van der Waals surface area contributed by atoms with E-state index in [1.165, 1.54) is 4.90 Å². The monoisotopic (exact) mass is 780 g/mol. The van der Waals surface area contributed by atoms with Gasteiger partial charge in [0.1, 0.15) is 16.4 Å². The zero-order valence-electron chi connectivity index (χ0n) is 29.2. The van der Waals surface area contributed by atoms with Gasteiger partial charge in [0.05, 0.1) is 35.3 Å². The maximum absolute atomic E-state index is 14.9. The zero-order valence-corrected chi connectivity index (χ0v) is 30.0. The number of hydrogen-bond donors (Lipinski definition) is 1. The van der Waals surface area contributed by atoms with Gasteiger partial charge in [0.15, 0.2) is 0 Å². The van der Waals surface area contributed by atoms with E-state index in [1.54, 1.807) is 31.2 Å². The average molecular weight is 781 g/mol. The van der Waals surface area contributed by atoms with Gasteiger partial charge in [0.2, 0.25) is 5.60 Å². The second-order valence-corrected chi connectivity index (χ2v) is 14.2. The van der Waals surface area contributed by atoms with Crippen molar-refractivity contribution in [3.63, 3.8) is 0 Å². The number of hydrogen-bond acceptors (Lipinski definition) is 8. The number of alkyl halides is 6.